The molecule has 0 aliphatic carbocycles. The Morgan fingerprint density at radius 1 is 0.429 bits per heavy atom. The van der Waals surface area contributed by atoms with Crippen molar-refractivity contribution < 1.29 is 0 Å². The summed E-state index contributed by atoms with van der Waals surface area (Å²) in [5.41, 5.74) is 0. The van der Waals surface area contributed by atoms with E-state index in [9.17, 15) is 0 Å². The Hall–Kier alpha value is -1.72. The Balaban J connectivity index is 1.87. The van der Waals surface area contributed by atoms with Gasteiger partial charge in [-0.05, 0) is 0 Å². The normalized spacial score (nSPS) is 11.0. The maximum atomic E-state index is 2.32. The predicted molar refractivity (Wildman–Crippen MR) is 92.9 cm³/mol. The summed E-state index contributed by atoms with van der Waals surface area (Å²) in [6.07, 6.45) is 0. The van der Waals surface area contributed by atoms with Gasteiger partial charge in [0.2, 0.25) is 0 Å². The fraction of sp³-hybridized carbons (Fsp3) is 0. The van der Waals surface area contributed by atoms with E-state index in [1.165, 1.54) is 21.5 Å². The molecule has 0 amide bonds. The molecular weight excluding hydrogens is 449 g/mol. The van der Waals surface area contributed by atoms with E-state index < -0.39 is 23.2 Å². The summed E-state index contributed by atoms with van der Waals surface area (Å²) in [7, 11) is 0. The summed E-state index contributed by atoms with van der Waals surface area (Å²) in [5, 5.41) is 5.59. The quantitative estimate of drug-likeness (QED) is 0.399. The zero-order chi connectivity index (χ0) is 14.1. The molecular formula is C20H14Bi+. The van der Waals surface area contributed by atoms with Crippen LogP contribution in [0.1, 0.15) is 0 Å². The van der Waals surface area contributed by atoms with Gasteiger partial charge >= 0.3 is 136 Å². The first kappa shape index (κ1) is 13.0. The second-order valence-corrected chi connectivity index (χ2v) is 9.72. The monoisotopic (exact) mass is 463 g/mol. The van der Waals surface area contributed by atoms with Crippen LogP contribution in [0, 0.1) is 0 Å². The van der Waals surface area contributed by atoms with Gasteiger partial charge in [0.1, 0.15) is 0 Å². The first-order valence-corrected chi connectivity index (χ1v) is 10.6. The van der Waals surface area contributed by atoms with Crippen molar-refractivity contribution in [1.29, 1.82) is 0 Å². The Labute approximate surface area is 136 Å². The van der Waals surface area contributed by atoms with Gasteiger partial charge in [-0.15, -0.1) is 0 Å². The topological polar surface area (TPSA) is 0 Å². The van der Waals surface area contributed by atoms with Crippen LogP contribution in [0.3, 0.4) is 0 Å². The molecule has 0 heterocycles. The molecule has 0 fully saturated rings. The van der Waals surface area contributed by atoms with Crippen LogP contribution in [0.4, 0.5) is 0 Å². The van der Waals surface area contributed by atoms with Crippen molar-refractivity contribution in [2.75, 3.05) is 0 Å². The van der Waals surface area contributed by atoms with E-state index in [0.29, 0.717) is 0 Å². The van der Waals surface area contributed by atoms with E-state index in [4.69, 9.17) is 0 Å². The molecule has 1 heteroatoms. The number of hydrogen-bond donors (Lipinski definition) is 0. The Morgan fingerprint density at radius 3 is 1.38 bits per heavy atom. The molecule has 0 N–H and O–H groups in total. The molecule has 0 nitrogen and oxygen atoms in total. The van der Waals surface area contributed by atoms with Gasteiger partial charge in [0, 0.05) is 0 Å². The third-order valence-electron chi connectivity index (χ3n) is 3.77. The van der Waals surface area contributed by atoms with E-state index >= 15 is 0 Å². The van der Waals surface area contributed by atoms with Crippen molar-refractivity contribution in [3.63, 3.8) is 0 Å². The molecule has 0 aromatic heterocycles. The minimum absolute atomic E-state index is 0.914. The van der Waals surface area contributed by atoms with Gasteiger partial charge < -0.3 is 0 Å². The van der Waals surface area contributed by atoms with Gasteiger partial charge in [0.05, 0.1) is 0 Å². The van der Waals surface area contributed by atoms with E-state index in [0.717, 1.165) is 0 Å². The Kier molecular flexibility index (Phi) is 3.45. The van der Waals surface area contributed by atoms with Crippen LogP contribution in [0.25, 0.3) is 21.5 Å². The van der Waals surface area contributed by atoms with Crippen molar-refractivity contribution in [2.45, 2.75) is 0 Å². The van der Waals surface area contributed by atoms with Crippen molar-refractivity contribution in [3.8, 4) is 0 Å². The molecule has 4 aromatic carbocycles. The summed E-state index contributed by atoms with van der Waals surface area (Å²) < 4.78 is 3.15. The molecule has 0 saturated carbocycles. The van der Waals surface area contributed by atoms with Crippen LogP contribution in [-0.2, 0) is 0 Å². The number of fused-ring (bicyclic) bond motifs is 2. The van der Waals surface area contributed by atoms with Crippen LogP contribution in [0.5, 0.6) is 0 Å². The number of benzene rings is 4. The molecule has 0 unspecified atom stereocenters. The maximum absolute atomic E-state index is 2.32. The molecule has 0 aliphatic heterocycles. The van der Waals surface area contributed by atoms with Crippen LogP contribution in [0.2, 0.25) is 0 Å². The van der Waals surface area contributed by atoms with E-state index in [2.05, 4.69) is 84.9 Å². The van der Waals surface area contributed by atoms with Crippen LogP contribution in [0.15, 0.2) is 84.9 Å². The van der Waals surface area contributed by atoms with Gasteiger partial charge in [-0.3, -0.25) is 0 Å². The first-order chi connectivity index (χ1) is 10.4. The Morgan fingerprint density at radius 2 is 0.857 bits per heavy atom. The number of hydrogen-bond acceptors (Lipinski definition) is 0. The molecule has 21 heavy (non-hydrogen) atoms. The van der Waals surface area contributed by atoms with Crippen LogP contribution < -0.4 is 6.54 Å². The van der Waals surface area contributed by atoms with E-state index in [-0.39, 0.29) is 0 Å². The average Bonchev–Trinajstić information content (AvgIpc) is 2.56. The molecule has 0 spiro atoms. The van der Waals surface area contributed by atoms with Gasteiger partial charge in [-0.1, -0.05) is 0 Å². The average molecular weight is 463 g/mol. The molecule has 2 radical (unpaired) electrons. The van der Waals surface area contributed by atoms with Crippen molar-refractivity contribution in [2.24, 2.45) is 0 Å². The third kappa shape index (κ3) is 2.47. The summed E-state index contributed by atoms with van der Waals surface area (Å²) in [6, 6.07) is 31.0. The van der Waals surface area contributed by atoms with Crippen molar-refractivity contribution >= 4 is 51.3 Å². The molecule has 4 rings (SSSR count). The summed E-state index contributed by atoms with van der Waals surface area (Å²) >= 11 is -0.914. The predicted octanol–water partition coefficient (Wildman–Crippen LogP) is 3.65. The van der Waals surface area contributed by atoms with Crippen LogP contribution in [-0.4, -0.2) is 23.2 Å². The Bertz CT molecular complexity index is 837. The van der Waals surface area contributed by atoms with Gasteiger partial charge in [0.15, 0.2) is 0 Å². The second-order valence-electron chi connectivity index (χ2n) is 5.11. The third-order valence-corrected chi connectivity index (χ3v) is 8.68. The van der Waals surface area contributed by atoms with Gasteiger partial charge in [0.25, 0.3) is 0 Å². The minimum atomic E-state index is -0.914. The molecule has 0 bridgehead atoms. The first-order valence-electron chi connectivity index (χ1n) is 7.09. The molecule has 0 aliphatic rings. The van der Waals surface area contributed by atoms with E-state index in [1.54, 1.807) is 6.54 Å². The van der Waals surface area contributed by atoms with E-state index in [1.807, 2.05) is 0 Å². The second kappa shape index (κ2) is 5.58. The molecule has 4 aromatic rings. The fourth-order valence-electron chi connectivity index (χ4n) is 2.74. The fourth-order valence-corrected chi connectivity index (χ4v) is 7.52. The van der Waals surface area contributed by atoms with Crippen LogP contribution >= 0.6 is 0 Å². The zero-order valence-electron chi connectivity index (χ0n) is 11.5. The van der Waals surface area contributed by atoms with Crippen molar-refractivity contribution in [3.05, 3.63) is 84.9 Å². The van der Waals surface area contributed by atoms with Gasteiger partial charge in [-0.2, -0.15) is 0 Å². The SMILES string of the molecule is c1ccc2[c]([Bi+][c]3cccc4ccccc34)cccc2c1. The molecule has 0 atom stereocenters. The molecule has 98 valence electrons. The summed E-state index contributed by atoms with van der Waals surface area (Å²) in [4.78, 5) is 0. The number of rotatable bonds is 2. The summed E-state index contributed by atoms with van der Waals surface area (Å²) in [6.45, 7) is 0. The summed E-state index contributed by atoms with van der Waals surface area (Å²) in [5.74, 6) is 0. The zero-order valence-corrected chi connectivity index (χ0v) is 15.0. The standard InChI is InChI=1S/2C10H7.Bi/c2*1-2-6-10-8-4-3-7-9(10)5-1;/h2*1-7H;/q;;+1. The molecule has 0 saturated heterocycles. The van der Waals surface area contributed by atoms with Gasteiger partial charge in [-0.25, -0.2) is 0 Å². The van der Waals surface area contributed by atoms with Crippen molar-refractivity contribution in [1.82, 2.24) is 0 Å².